The minimum atomic E-state index is 0.125. The molecule has 0 aromatic heterocycles. The Labute approximate surface area is 109 Å². The van der Waals surface area contributed by atoms with E-state index in [2.05, 4.69) is 36.5 Å². The molecular formula is C15H22N2O. The van der Waals surface area contributed by atoms with Gasteiger partial charge in [0.1, 0.15) is 0 Å². The number of carbonyl (C=O) groups is 1. The SMILES string of the molecule is Cc1ccc(CNC(=O)[C@@H]2CCC[C@@H]2CN)cc1. The molecule has 0 spiro atoms. The summed E-state index contributed by atoms with van der Waals surface area (Å²) < 4.78 is 0. The largest absolute Gasteiger partial charge is 0.352 e. The third-order valence-electron chi connectivity index (χ3n) is 3.89. The van der Waals surface area contributed by atoms with Crippen molar-refractivity contribution in [1.82, 2.24) is 5.32 Å². The zero-order valence-corrected chi connectivity index (χ0v) is 11.0. The molecule has 3 N–H and O–H groups in total. The van der Waals surface area contributed by atoms with Crippen LogP contribution in [0.5, 0.6) is 0 Å². The Morgan fingerprint density at radius 1 is 1.33 bits per heavy atom. The Bertz CT molecular complexity index is 399. The molecule has 1 fully saturated rings. The fraction of sp³-hybridized carbons (Fsp3) is 0.533. The van der Waals surface area contributed by atoms with Gasteiger partial charge in [0.05, 0.1) is 0 Å². The van der Waals surface area contributed by atoms with Crippen molar-refractivity contribution in [3.63, 3.8) is 0 Å². The average molecular weight is 246 g/mol. The summed E-state index contributed by atoms with van der Waals surface area (Å²) in [5.41, 5.74) is 8.10. The Morgan fingerprint density at radius 3 is 2.72 bits per heavy atom. The number of hydrogen-bond donors (Lipinski definition) is 2. The molecular weight excluding hydrogens is 224 g/mol. The van der Waals surface area contributed by atoms with E-state index in [1.165, 1.54) is 5.56 Å². The summed E-state index contributed by atoms with van der Waals surface area (Å²) in [6.45, 7) is 3.31. The lowest BCUT2D eigenvalue weighted by Crippen LogP contribution is -2.34. The highest BCUT2D eigenvalue weighted by atomic mass is 16.1. The van der Waals surface area contributed by atoms with E-state index in [-0.39, 0.29) is 11.8 Å². The van der Waals surface area contributed by atoms with Gasteiger partial charge in [0, 0.05) is 12.5 Å². The van der Waals surface area contributed by atoms with Crippen molar-refractivity contribution < 1.29 is 4.79 Å². The third-order valence-corrected chi connectivity index (χ3v) is 3.89. The van der Waals surface area contributed by atoms with Crippen LogP contribution in [-0.4, -0.2) is 12.5 Å². The average Bonchev–Trinajstić information content (AvgIpc) is 2.86. The number of carbonyl (C=O) groups excluding carboxylic acids is 1. The summed E-state index contributed by atoms with van der Waals surface area (Å²) in [5.74, 6) is 0.673. The van der Waals surface area contributed by atoms with Crippen LogP contribution in [0.1, 0.15) is 30.4 Å². The maximum atomic E-state index is 12.1. The van der Waals surface area contributed by atoms with E-state index in [9.17, 15) is 4.79 Å². The highest BCUT2D eigenvalue weighted by Gasteiger charge is 2.31. The molecule has 0 heterocycles. The van der Waals surface area contributed by atoms with Crippen molar-refractivity contribution in [2.45, 2.75) is 32.7 Å². The Balaban J connectivity index is 1.86. The minimum Gasteiger partial charge on any atom is -0.352 e. The van der Waals surface area contributed by atoms with Gasteiger partial charge in [0.2, 0.25) is 5.91 Å². The second-order valence-corrected chi connectivity index (χ2v) is 5.24. The first-order valence-corrected chi connectivity index (χ1v) is 6.74. The van der Waals surface area contributed by atoms with Gasteiger partial charge in [0.25, 0.3) is 0 Å². The van der Waals surface area contributed by atoms with Crippen LogP contribution in [-0.2, 0) is 11.3 Å². The van der Waals surface area contributed by atoms with Gasteiger partial charge in [-0.3, -0.25) is 4.79 Å². The molecule has 18 heavy (non-hydrogen) atoms. The van der Waals surface area contributed by atoms with Crippen LogP contribution >= 0.6 is 0 Å². The smallest absolute Gasteiger partial charge is 0.223 e. The van der Waals surface area contributed by atoms with Crippen LogP contribution in [0.2, 0.25) is 0 Å². The van der Waals surface area contributed by atoms with Crippen LogP contribution in [0.4, 0.5) is 0 Å². The molecule has 98 valence electrons. The van der Waals surface area contributed by atoms with Gasteiger partial charge in [0.15, 0.2) is 0 Å². The van der Waals surface area contributed by atoms with E-state index < -0.39 is 0 Å². The molecule has 3 heteroatoms. The third kappa shape index (κ3) is 3.10. The maximum Gasteiger partial charge on any atom is 0.223 e. The van der Waals surface area contributed by atoms with Crippen molar-refractivity contribution in [3.8, 4) is 0 Å². The van der Waals surface area contributed by atoms with E-state index >= 15 is 0 Å². The number of amides is 1. The maximum absolute atomic E-state index is 12.1. The second kappa shape index (κ2) is 6.01. The minimum absolute atomic E-state index is 0.125. The molecule has 1 amide bonds. The van der Waals surface area contributed by atoms with Gasteiger partial charge in [-0.15, -0.1) is 0 Å². The standard InChI is InChI=1S/C15H22N2O/c1-11-5-7-12(8-6-11)10-17-15(18)14-4-2-3-13(14)9-16/h5-8,13-14H,2-4,9-10,16H2,1H3,(H,17,18)/t13-,14-/m1/s1. The number of benzene rings is 1. The zero-order chi connectivity index (χ0) is 13.0. The molecule has 0 aliphatic heterocycles. The molecule has 0 bridgehead atoms. The topological polar surface area (TPSA) is 55.1 Å². The molecule has 2 atom stereocenters. The molecule has 1 saturated carbocycles. The Hall–Kier alpha value is -1.35. The molecule has 0 radical (unpaired) electrons. The lowest BCUT2D eigenvalue weighted by Gasteiger charge is -2.17. The highest BCUT2D eigenvalue weighted by Crippen LogP contribution is 2.30. The highest BCUT2D eigenvalue weighted by molar-refractivity contribution is 5.79. The van der Waals surface area contributed by atoms with Gasteiger partial charge in [-0.2, -0.15) is 0 Å². The van der Waals surface area contributed by atoms with Gasteiger partial charge >= 0.3 is 0 Å². The Morgan fingerprint density at radius 2 is 2.06 bits per heavy atom. The number of nitrogens with two attached hydrogens (primary N) is 1. The van der Waals surface area contributed by atoms with Crippen molar-refractivity contribution in [1.29, 1.82) is 0 Å². The van der Waals surface area contributed by atoms with Gasteiger partial charge in [-0.25, -0.2) is 0 Å². The van der Waals surface area contributed by atoms with E-state index in [1.807, 2.05) is 0 Å². The summed E-state index contributed by atoms with van der Waals surface area (Å²) in [6.07, 6.45) is 3.21. The van der Waals surface area contributed by atoms with Crippen LogP contribution in [0.25, 0.3) is 0 Å². The van der Waals surface area contributed by atoms with E-state index in [4.69, 9.17) is 5.73 Å². The normalized spacial score (nSPS) is 23.0. The fourth-order valence-corrected chi connectivity index (χ4v) is 2.69. The van der Waals surface area contributed by atoms with Gasteiger partial charge in [-0.05, 0) is 37.8 Å². The first kappa shape index (κ1) is 13.1. The predicted molar refractivity (Wildman–Crippen MR) is 72.9 cm³/mol. The molecule has 3 nitrogen and oxygen atoms in total. The summed E-state index contributed by atoms with van der Waals surface area (Å²) in [7, 11) is 0. The summed E-state index contributed by atoms with van der Waals surface area (Å²) in [6, 6.07) is 8.26. The predicted octanol–water partition coefficient (Wildman–Crippen LogP) is 1.99. The van der Waals surface area contributed by atoms with Crippen LogP contribution < -0.4 is 11.1 Å². The summed E-state index contributed by atoms with van der Waals surface area (Å²) >= 11 is 0. The molecule has 0 unspecified atom stereocenters. The quantitative estimate of drug-likeness (QED) is 0.853. The van der Waals surface area contributed by atoms with Crippen molar-refractivity contribution >= 4 is 5.91 Å². The first-order chi connectivity index (χ1) is 8.70. The van der Waals surface area contributed by atoms with Crippen LogP contribution in [0.15, 0.2) is 24.3 Å². The van der Waals surface area contributed by atoms with Crippen molar-refractivity contribution in [3.05, 3.63) is 35.4 Å². The molecule has 0 saturated heterocycles. The van der Waals surface area contributed by atoms with Crippen molar-refractivity contribution in [2.24, 2.45) is 17.6 Å². The van der Waals surface area contributed by atoms with E-state index in [0.717, 1.165) is 24.8 Å². The number of hydrogen-bond acceptors (Lipinski definition) is 2. The Kier molecular flexibility index (Phi) is 4.37. The first-order valence-electron chi connectivity index (χ1n) is 6.74. The van der Waals surface area contributed by atoms with E-state index in [1.54, 1.807) is 0 Å². The molecule has 1 aromatic carbocycles. The second-order valence-electron chi connectivity index (χ2n) is 5.24. The molecule has 2 rings (SSSR count). The molecule has 1 aromatic rings. The van der Waals surface area contributed by atoms with Gasteiger partial charge < -0.3 is 11.1 Å². The summed E-state index contributed by atoms with van der Waals surface area (Å²) in [5, 5.41) is 3.03. The number of nitrogens with one attached hydrogen (secondary N) is 1. The zero-order valence-electron chi connectivity index (χ0n) is 11.0. The molecule has 1 aliphatic carbocycles. The summed E-state index contributed by atoms with van der Waals surface area (Å²) in [4.78, 5) is 12.1. The number of rotatable bonds is 4. The molecule has 1 aliphatic rings. The lowest BCUT2D eigenvalue weighted by molar-refractivity contribution is -0.126. The van der Waals surface area contributed by atoms with Crippen LogP contribution in [0.3, 0.4) is 0 Å². The number of aryl methyl sites for hydroxylation is 1. The van der Waals surface area contributed by atoms with E-state index in [0.29, 0.717) is 19.0 Å². The lowest BCUT2D eigenvalue weighted by atomic mass is 9.95. The fourth-order valence-electron chi connectivity index (χ4n) is 2.69. The monoisotopic (exact) mass is 246 g/mol. The van der Waals surface area contributed by atoms with Crippen molar-refractivity contribution in [2.75, 3.05) is 6.54 Å². The van der Waals surface area contributed by atoms with Gasteiger partial charge in [-0.1, -0.05) is 36.2 Å². The van der Waals surface area contributed by atoms with Crippen LogP contribution in [0, 0.1) is 18.8 Å².